The van der Waals surface area contributed by atoms with Crippen molar-refractivity contribution in [3.8, 4) is 22.7 Å². The summed E-state index contributed by atoms with van der Waals surface area (Å²) in [5.74, 6) is 2.04. The zero-order valence-electron chi connectivity index (χ0n) is 19.9. The molecule has 0 atom stereocenters. The third kappa shape index (κ3) is 3.66. The van der Waals surface area contributed by atoms with Crippen LogP contribution in [0.3, 0.4) is 0 Å². The van der Waals surface area contributed by atoms with Gasteiger partial charge in [0.25, 0.3) is 0 Å². The number of methoxy groups -OCH3 is 1. The molecule has 0 spiro atoms. The van der Waals surface area contributed by atoms with Crippen LogP contribution < -0.4 is 15.4 Å². The number of anilines is 2. The number of rotatable bonds is 4. The summed E-state index contributed by atoms with van der Waals surface area (Å²) in [6.07, 6.45) is 7.02. The number of pyridine rings is 1. The summed E-state index contributed by atoms with van der Waals surface area (Å²) in [5.41, 5.74) is 4.74. The second-order valence-electron chi connectivity index (χ2n) is 8.41. The fourth-order valence-corrected chi connectivity index (χ4v) is 5.04. The molecule has 0 aliphatic carbocycles. The van der Waals surface area contributed by atoms with Crippen molar-refractivity contribution in [2.45, 2.75) is 4.90 Å². The number of hydrogen-bond donors (Lipinski definition) is 2. The van der Waals surface area contributed by atoms with E-state index in [0.717, 1.165) is 39.6 Å². The molecule has 0 radical (unpaired) electrons. The van der Waals surface area contributed by atoms with Crippen LogP contribution in [-0.4, -0.2) is 73.8 Å². The van der Waals surface area contributed by atoms with E-state index in [-0.39, 0.29) is 6.03 Å². The van der Waals surface area contributed by atoms with Gasteiger partial charge in [-0.2, -0.15) is 5.10 Å². The number of amides is 2. The van der Waals surface area contributed by atoms with E-state index in [1.165, 1.54) is 4.90 Å². The van der Waals surface area contributed by atoms with E-state index in [2.05, 4.69) is 31.8 Å². The number of urea groups is 1. The molecule has 36 heavy (non-hydrogen) atoms. The van der Waals surface area contributed by atoms with Crippen molar-refractivity contribution in [2.75, 3.05) is 44.1 Å². The van der Waals surface area contributed by atoms with Crippen LogP contribution in [-0.2, 0) is 0 Å². The van der Waals surface area contributed by atoms with Crippen LogP contribution in [0, 0.1) is 0 Å². The van der Waals surface area contributed by atoms with Gasteiger partial charge in [-0.05, 0) is 18.2 Å². The topological polar surface area (TPSA) is 114 Å². The minimum absolute atomic E-state index is 0.283. The fourth-order valence-electron chi connectivity index (χ4n) is 4.14. The van der Waals surface area contributed by atoms with E-state index in [0.29, 0.717) is 28.3 Å². The van der Waals surface area contributed by atoms with Crippen molar-refractivity contribution in [2.24, 2.45) is 0 Å². The van der Waals surface area contributed by atoms with E-state index in [1.54, 1.807) is 60.8 Å². The number of carbonyl (C=O) groups excluding carboxylic acids is 1. The summed E-state index contributed by atoms with van der Waals surface area (Å²) in [6.45, 7) is 0.897. The van der Waals surface area contributed by atoms with Gasteiger partial charge in [0.2, 0.25) is 0 Å². The maximum atomic E-state index is 12.5. The monoisotopic (exact) mass is 501 g/mol. The normalized spacial score (nSPS) is 12.9. The average Bonchev–Trinajstić information content (AvgIpc) is 3.49. The van der Waals surface area contributed by atoms with Crippen LogP contribution in [0.4, 0.5) is 16.3 Å². The molecule has 2 N–H and O–H groups in total. The van der Waals surface area contributed by atoms with Crippen molar-refractivity contribution in [3.05, 3.63) is 49.1 Å². The number of hydrogen-bond acceptors (Lipinski definition) is 8. The van der Waals surface area contributed by atoms with Gasteiger partial charge in [-0.3, -0.25) is 10.3 Å². The van der Waals surface area contributed by atoms with Crippen molar-refractivity contribution in [3.63, 3.8) is 0 Å². The fraction of sp³-hybridized carbons (Fsp3) is 0.208. The molecule has 5 heterocycles. The van der Waals surface area contributed by atoms with E-state index in [9.17, 15) is 4.79 Å². The molecular weight excluding hydrogens is 478 g/mol. The number of aromatic nitrogens is 6. The van der Waals surface area contributed by atoms with Gasteiger partial charge < -0.3 is 15.0 Å². The van der Waals surface area contributed by atoms with Crippen LogP contribution in [0.25, 0.3) is 33.5 Å². The van der Waals surface area contributed by atoms with Crippen molar-refractivity contribution < 1.29 is 9.53 Å². The predicted molar refractivity (Wildman–Crippen MR) is 139 cm³/mol. The Morgan fingerprint density at radius 3 is 2.94 bits per heavy atom. The van der Waals surface area contributed by atoms with Gasteiger partial charge in [0, 0.05) is 55.9 Å². The Bertz CT molecular complexity index is 1630. The maximum absolute atomic E-state index is 12.5. The summed E-state index contributed by atoms with van der Waals surface area (Å²) in [5, 5.41) is 16.2. The molecule has 2 amide bonds. The minimum atomic E-state index is -0.283. The first kappa shape index (κ1) is 22.2. The quantitative estimate of drug-likeness (QED) is 0.383. The summed E-state index contributed by atoms with van der Waals surface area (Å²) >= 11 is 1.78. The van der Waals surface area contributed by atoms with Crippen molar-refractivity contribution in [1.82, 2.24) is 34.3 Å². The highest BCUT2D eigenvalue weighted by atomic mass is 32.2. The smallest absolute Gasteiger partial charge is 0.322 e. The Balaban J connectivity index is 1.58. The molecule has 182 valence electrons. The lowest BCUT2D eigenvalue weighted by Gasteiger charge is -2.20. The zero-order valence-corrected chi connectivity index (χ0v) is 20.7. The number of benzene rings is 1. The number of thioether (sulfide) groups is 1. The molecule has 1 aliphatic rings. The molecular formula is C24H23N9O2S. The second kappa shape index (κ2) is 8.72. The molecule has 0 saturated carbocycles. The first-order valence-corrected chi connectivity index (χ1v) is 12.3. The summed E-state index contributed by atoms with van der Waals surface area (Å²) in [4.78, 5) is 24.2. The highest BCUT2D eigenvalue weighted by molar-refractivity contribution is 7.99. The van der Waals surface area contributed by atoms with Crippen LogP contribution in [0.1, 0.15) is 0 Å². The van der Waals surface area contributed by atoms with E-state index >= 15 is 0 Å². The molecule has 12 heteroatoms. The predicted octanol–water partition coefficient (Wildman–Crippen LogP) is 3.75. The Labute approximate surface area is 210 Å². The summed E-state index contributed by atoms with van der Waals surface area (Å²) in [7, 11) is 5.00. The number of nitrogens with zero attached hydrogens (tertiary/aromatic N) is 7. The number of nitrogens with one attached hydrogen (secondary N) is 2. The summed E-state index contributed by atoms with van der Waals surface area (Å²) < 4.78 is 9.26. The lowest BCUT2D eigenvalue weighted by molar-refractivity contribution is 0.230. The number of fused-ring (bicyclic) bond motifs is 3. The first-order valence-electron chi connectivity index (χ1n) is 11.3. The zero-order chi connectivity index (χ0) is 24.8. The van der Waals surface area contributed by atoms with Crippen molar-refractivity contribution in [1.29, 1.82) is 0 Å². The van der Waals surface area contributed by atoms with Crippen LogP contribution in [0.5, 0.6) is 5.75 Å². The van der Waals surface area contributed by atoms with E-state index in [1.807, 2.05) is 24.4 Å². The number of ether oxygens (including phenoxy) is 1. The van der Waals surface area contributed by atoms with Gasteiger partial charge in [-0.15, -0.1) is 16.9 Å². The van der Waals surface area contributed by atoms with Gasteiger partial charge in [0.05, 0.1) is 41.2 Å². The molecule has 1 aromatic carbocycles. The van der Waals surface area contributed by atoms with Gasteiger partial charge in [-0.1, -0.05) is 0 Å². The SMILES string of the molecule is COc1cc2c(cc1-n1nc(NC(=O)N(C)C)c3cnc(-c4cnn5cccnc45)cc31)SCCN2. The molecule has 5 aromatic rings. The van der Waals surface area contributed by atoms with Gasteiger partial charge in [0.1, 0.15) is 11.4 Å². The largest absolute Gasteiger partial charge is 0.494 e. The lowest BCUT2D eigenvalue weighted by Crippen LogP contribution is -2.27. The molecule has 0 bridgehead atoms. The van der Waals surface area contributed by atoms with E-state index < -0.39 is 0 Å². The number of carbonyl (C=O) groups is 1. The lowest BCUT2D eigenvalue weighted by atomic mass is 10.2. The molecule has 4 aromatic heterocycles. The van der Waals surface area contributed by atoms with Gasteiger partial charge >= 0.3 is 6.03 Å². The molecule has 6 rings (SSSR count). The molecule has 0 unspecified atom stereocenters. The standard InChI is InChI=1S/C24H23N9O2S/c1-31(2)24(34)29-22-15-12-27-16(14-13-28-32-7-4-5-26-23(14)32)9-18(15)33(30-22)19-11-21-17(10-20(19)35-3)25-6-8-36-21/h4-5,7,9-13,25H,6,8H2,1-3H3,(H,29,30,34). The Morgan fingerprint density at radius 2 is 2.11 bits per heavy atom. The summed E-state index contributed by atoms with van der Waals surface area (Å²) in [6, 6.07) is 7.52. The second-order valence-corrected chi connectivity index (χ2v) is 9.55. The van der Waals surface area contributed by atoms with Crippen LogP contribution >= 0.6 is 11.8 Å². The Hall–Kier alpha value is -4.32. The molecule has 0 fully saturated rings. The first-order chi connectivity index (χ1) is 17.5. The maximum Gasteiger partial charge on any atom is 0.322 e. The highest BCUT2D eigenvalue weighted by Crippen LogP contribution is 2.40. The van der Waals surface area contributed by atoms with Gasteiger partial charge in [-0.25, -0.2) is 19.0 Å². The highest BCUT2D eigenvalue weighted by Gasteiger charge is 2.22. The molecule has 0 saturated heterocycles. The minimum Gasteiger partial charge on any atom is -0.494 e. The van der Waals surface area contributed by atoms with Crippen LogP contribution in [0.15, 0.2) is 53.9 Å². The third-order valence-corrected chi connectivity index (χ3v) is 6.99. The van der Waals surface area contributed by atoms with Crippen molar-refractivity contribution >= 4 is 45.8 Å². The van der Waals surface area contributed by atoms with Gasteiger partial charge in [0.15, 0.2) is 11.5 Å². The molecule has 11 nitrogen and oxygen atoms in total. The third-order valence-electron chi connectivity index (χ3n) is 5.94. The molecule has 1 aliphatic heterocycles. The average molecular weight is 502 g/mol. The Kier molecular flexibility index (Phi) is 5.37. The van der Waals surface area contributed by atoms with Crippen LogP contribution in [0.2, 0.25) is 0 Å². The Morgan fingerprint density at radius 1 is 1.22 bits per heavy atom. The van der Waals surface area contributed by atoms with E-state index in [4.69, 9.17) is 9.84 Å².